The minimum atomic E-state index is -4.57. The lowest BCUT2D eigenvalue weighted by atomic mass is 10.0. The first-order valence-electron chi connectivity index (χ1n) is 9.89. The fourth-order valence-electron chi connectivity index (χ4n) is 3.56. The summed E-state index contributed by atoms with van der Waals surface area (Å²) in [5, 5.41) is 2.96. The Balaban J connectivity index is 2.07. The number of hydrogen-bond acceptors (Lipinski definition) is 3. The van der Waals surface area contributed by atoms with Gasteiger partial charge in [0, 0.05) is 32.2 Å². The Labute approximate surface area is 181 Å². The third kappa shape index (κ3) is 4.99. The van der Waals surface area contributed by atoms with Crippen molar-refractivity contribution in [3.63, 3.8) is 0 Å². The molecule has 0 unspecified atom stereocenters. The molecule has 1 N–H and O–H groups in total. The van der Waals surface area contributed by atoms with Crippen molar-refractivity contribution in [3.05, 3.63) is 80.9 Å². The SMILES string of the molecule is COCCCn1c(=O)c(C(=O)NCc2cccc(F)c2)c(C)c2ccc(C(F)(F)F)cc21. The minimum absolute atomic E-state index is 0.00973. The van der Waals surface area contributed by atoms with Crippen molar-refractivity contribution in [1.82, 2.24) is 9.88 Å². The molecule has 0 spiro atoms. The Bertz CT molecular complexity index is 1200. The number of hydrogen-bond donors (Lipinski definition) is 1. The first-order valence-corrected chi connectivity index (χ1v) is 9.89. The second-order valence-corrected chi connectivity index (χ2v) is 7.35. The van der Waals surface area contributed by atoms with Crippen molar-refractivity contribution < 1.29 is 27.1 Å². The van der Waals surface area contributed by atoms with Gasteiger partial charge >= 0.3 is 6.18 Å². The highest BCUT2D eigenvalue weighted by Gasteiger charge is 2.31. The highest BCUT2D eigenvalue weighted by Crippen LogP contribution is 2.32. The zero-order chi connectivity index (χ0) is 23.5. The van der Waals surface area contributed by atoms with Crippen LogP contribution in [-0.4, -0.2) is 24.2 Å². The summed E-state index contributed by atoms with van der Waals surface area (Å²) in [5.41, 5.74) is -0.855. The lowest BCUT2D eigenvalue weighted by molar-refractivity contribution is -0.137. The number of methoxy groups -OCH3 is 1. The molecule has 3 rings (SSSR count). The molecule has 0 saturated heterocycles. The number of fused-ring (bicyclic) bond motifs is 1. The van der Waals surface area contributed by atoms with Crippen LogP contribution in [0.5, 0.6) is 0 Å². The molecular weight excluding hydrogens is 428 g/mol. The smallest absolute Gasteiger partial charge is 0.385 e. The number of aromatic nitrogens is 1. The Hall–Kier alpha value is -3.20. The average molecular weight is 450 g/mol. The van der Waals surface area contributed by atoms with Crippen molar-refractivity contribution in [3.8, 4) is 0 Å². The second kappa shape index (κ2) is 9.52. The molecule has 0 fully saturated rings. The number of carbonyl (C=O) groups is 1. The number of rotatable bonds is 7. The van der Waals surface area contributed by atoms with Gasteiger partial charge in [0.1, 0.15) is 11.4 Å². The van der Waals surface area contributed by atoms with Crippen LogP contribution in [0.3, 0.4) is 0 Å². The number of amides is 1. The summed E-state index contributed by atoms with van der Waals surface area (Å²) in [6.07, 6.45) is -4.20. The number of alkyl halides is 3. The van der Waals surface area contributed by atoms with Gasteiger partial charge in [0.25, 0.3) is 11.5 Å². The van der Waals surface area contributed by atoms with E-state index < -0.39 is 29.0 Å². The van der Waals surface area contributed by atoms with E-state index in [0.717, 1.165) is 12.1 Å². The van der Waals surface area contributed by atoms with Gasteiger partial charge in [-0.1, -0.05) is 18.2 Å². The molecule has 2 aromatic carbocycles. The van der Waals surface area contributed by atoms with Crippen LogP contribution in [-0.2, 0) is 24.0 Å². The molecular formula is C23H22F4N2O3. The lowest BCUT2D eigenvalue weighted by Gasteiger charge is -2.17. The summed E-state index contributed by atoms with van der Waals surface area (Å²) < 4.78 is 59.3. The predicted octanol–water partition coefficient (Wildman–Crippen LogP) is 4.43. The molecule has 0 saturated carbocycles. The summed E-state index contributed by atoms with van der Waals surface area (Å²) in [4.78, 5) is 26.1. The van der Waals surface area contributed by atoms with Gasteiger partial charge in [-0.2, -0.15) is 13.2 Å². The maximum atomic E-state index is 13.4. The third-order valence-corrected chi connectivity index (χ3v) is 5.15. The van der Waals surface area contributed by atoms with Gasteiger partial charge in [0.05, 0.1) is 11.1 Å². The largest absolute Gasteiger partial charge is 0.416 e. The Kier molecular flexibility index (Phi) is 6.98. The van der Waals surface area contributed by atoms with Crippen LogP contribution in [0.15, 0.2) is 47.3 Å². The van der Waals surface area contributed by atoms with Crippen LogP contribution in [0.25, 0.3) is 10.9 Å². The highest BCUT2D eigenvalue weighted by molar-refractivity contribution is 6.00. The van der Waals surface area contributed by atoms with Crippen LogP contribution in [0, 0.1) is 12.7 Å². The summed E-state index contributed by atoms with van der Waals surface area (Å²) in [6.45, 7) is 1.88. The van der Waals surface area contributed by atoms with Gasteiger partial charge in [-0.3, -0.25) is 9.59 Å². The first-order chi connectivity index (χ1) is 15.1. The molecule has 32 heavy (non-hydrogen) atoms. The van der Waals surface area contributed by atoms with Crippen LogP contribution >= 0.6 is 0 Å². The topological polar surface area (TPSA) is 60.3 Å². The first kappa shape index (κ1) is 23.5. The standard InChI is InChI=1S/C23H22F4N2O3/c1-14-18-8-7-16(23(25,26)27)12-19(18)29(9-4-10-32-2)22(31)20(14)21(30)28-13-15-5-3-6-17(24)11-15/h3,5-8,11-12H,4,9-10,13H2,1-2H3,(H,28,30). The van der Waals surface area contributed by atoms with Crippen molar-refractivity contribution in [2.75, 3.05) is 13.7 Å². The van der Waals surface area contributed by atoms with Crippen LogP contribution in [0.2, 0.25) is 0 Å². The number of halogens is 4. The Morgan fingerprint density at radius 3 is 2.56 bits per heavy atom. The van der Waals surface area contributed by atoms with E-state index in [4.69, 9.17) is 4.74 Å². The zero-order valence-electron chi connectivity index (χ0n) is 17.6. The van der Waals surface area contributed by atoms with Crippen LogP contribution in [0.1, 0.15) is 33.5 Å². The molecule has 0 bridgehead atoms. The Morgan fingerprint density at radius 2 is 1.91 bits per heavy atom. The number of aryl methyl sites for hydroxylation is 2. The summed E-state index contributed by atoms with van der Waals surface area (Å²) >= 11 is 0. The molecule has 1 heterocycles. The number of benzene rings is 2. The average Bonchev–Trinajstić information content (AvgIpc) is 2.74. The van der Waals surface area contributed by atoms with E-state index in [2.05, 4.69) is 5.32 Å². The molecule has 5 nitrogen and oxygen atoms in total. The maximum absolute atomic E-state index is 13.4. The molecule has 0 aliphatic rings. The number of nitrogens with one attached hydrogen (secondary N) is 1. The van der Waals surface area contributed by atoms with Crippen molar-refractivity contribution in [2.24, 2.45) is 0 Å². The molecule has 1 amide bonds. The van der Waals surface area contributed by atoms with E-state index in [0.29, 0.717) is 24.0 Å². The normalized spacial score (nSPS) is 11.7. The number of carbonyl (C=O) groups excluding carboxylic acids is 1. The van der Waals surface area contributed by atoms with Crippen molar-refractivity contribution >= 4 is 16.8 Å². The van der Waals surface area contributed by atoms with E-state index in [1.165, 1.54) is 42.9 Å². The van der Waals surface area contributed by atoms with Gasteiger partial charge in [-0.25, -0.2) is 4.39 Å². The minimum Gasteiger partial charge on any atom is -0.385 e. The van der Waals surface area contributed by atoms with Gasteiger partial charge < -0.3 is 14.6 Å². The van der Waals surface area contributed by atoms with Gasteiger partial charge in [0.15, 0.2) is 0 Å². The molecule has 170 valence electrons. The number of nitrogens with zero attached hydrogens (tertiary/aromatic N) is 1. The quantitative estimate of drug-likeness (QED) is 0.428. The number of pyridine rings is 1. The second-order valence-electron chi connectivity index (χ2n) is 7.35. The maximum Gasteiger partial charge on any atom is 0.416 e. The lowest BCUT2D eigenvalue weighted by Crippen LogP contribution is -2.34. The molecule has 1 aromatic heterocycles. The molecule has 0 aliphatic heterocycles. The highest BCUT2D eigenvalue weighted by atomic mass is 19.4. The van der Waals surface area contributed by atoms with E-state index in [-0.39, 0.29) is 29.7 Å². The molecule has 9 heteroatoms. The van der Waals surface area contributed by atoms with Gasteiger partial charge in [-0.05, 0) is 48.7 Å². The van der Waals surface area contributed by atoms with E-state index in [1.807, 2.05) is 0 Å². The Morgan fingerprint density at radius 1 is 1.16 bits per heavy atom. The van der Waals surface area contributed by atoms with E-state index in [9.17, 15) is 27.2 Å². The molecule has 0 atom stereocenters. The fourth-order valence-corrected chi connectivity index (χ4v) is 3.56. The third-order valence-electron chi connectivity index (χ3n) is 5.15. The summed E-state index contributed by atoms with van der Waals surface area (Å²) in [6, 6.07) is 8.77. The van der Waals surface area contributed by atoms with Crippen LogP contribution in [0.4, 0.5) is 17.6 Å². The van der Waals surface area contributed by atoms with Crippen molar-refractivity contribution in [1.29, 1.82) is 0 Å². The monoisotopic (exact) mass is 450 g/mol. The van der Waals surface area contributed by atoms with Crippen molar-refractivity contribution in [2.45, 2.75) is 32.6 Å². The molecule has 3 aromatic rings. The van der Waals surface area contributed by atoms with E-state index in [1.54, 1.807) is 6.07 Å². The van der Waals surface area contributed by atoms with Gasteiger partial charge in [0.2, 0.25) is 0 Å². The number of ether oxygens (including phenoxy) is 1. The fraction of sp³-hybridized carbons (Fsp3) is 0.304. The summed E-state index contributed by atoms with van der Waals surface area (Å²) in [7, 11) is 1.48. The van der Waals surface area contributed by atoms with Gasteiger partial charge in [-0.15, -0.1) is 0 Å². The van der Waals surface area contributed by atoms with E-state index >= 15 is 0 Å². The zero-order valence-corrected chi connectivity index (χ0v) is 17.6. The van der Waals surface area contributed by atoms with Crippen LogP contribution < -0.4 is 10.9 Å². The summed E-state index contributed by atoms with van der Waals surface area (Å²) in [5.74, 6) is -1.14. The molecule has 0 aliphatic carbocycles. The molecule has 0 radical (unpaired) electrons. The predicted molar refractivity (Wildman–Crippen MR) is 112 cm³/mol.